The summed E-state index contributed by atoms with van der Waals surface area (Å²) in [6, 6.07) is 0. The fourth-order valence-electron chi connectivity index (χ4n) is 2.40. The molecule has 0 fully saturated rings. The summed E-state index contributed by atoms with van der Waals surface area (Å²) < 4.78 is 5.09. The van der Waals surface area contributed by atoms with Crippen molar-refractivity contribution in [1.29, 1.82) is 0 Å². The van der Waals surface area contributed by atoms with Gasteiger partial charge in [0.05, 0.1) is 5.69 Å². The van der Waals surface area contributed by atoms with E-state index in [0.717, 1.165) is 57.6 Å². The SMILES string of the molecule is CCCc1nc(CCCOC)nc2c1CNCC2. The van der Waals surface area contributed by atoms with E-state index in [9.17, 15) is 0 Å². The van der Waals surface area contributed by atoms with Crippen LogP contribution in [0.2, 0.25) is 0 Å². The predicted octanol–water partition coefficient (Wildman–Crippen LogP) is 1.65. The molecule has 1 aromatic heterocycles. The number of ether oxygens (including phenoxy) is 1. The minimum atomic E-state index is 0.783. The third-order valence-corrected chi connectivity index (χ3v) is 3.30. The fraction of sp³-hybridized carbons (Fsp3) is 0.714. The quantitative estimate of drug-likeness (QED) is 0.779. The Morgan fingerprint density at radius 1 is 1.28 bits per heavy atom. The molecule has 100 valence electrons. The molecule has 4 nitrogen and oxygen atoms in total. The summed E-state index contributed by atoms with van der Waals surface area (Å²) in [5, 5.41) is 3.41. The average Bonchev–Trinajstić information content (AvgIpc) is 2.39. The van der Waals surface area contributed by atoms with Crippen LogP contribution in [0.3, 0.4) is 0 Å². The Morgan fingerprint density at radius 3 is 2.94 bits per heavy atom. The molecule has 2 rings (SSSR count). The number of methoxy groups -OCH3 is 1. The maximum absolute atomic E-state index is 5.09. The molecule has 1 aromatic rings. The number of rotatable bonds is 6. The van der Waals surface area contributed by atoms with E-state index in [1.807, 2.05) is 0 Å². The molecule has 1 N–H and O–H groups in total. The zero-order valence-corrected chi connectivity index (χ0v) is 11.5. The normalized spacial score (nSPS) is 14.6. The van der Waals surface area contributed by atoms with Gasteiger partial charge in [0.15, 0.2) is 0 Å². The van der Waals surface area contributed by atoms with Gasteiger partial charge in [-0.2, -0.15) is 0 Å². The first-order chi connectivity index (χ1) is 8.85. The molecule has 0 aliphatic carbocycles. The number of aromatic nitrogens is 2. The van der Waals surface area contributed by atoms with Gasteiger partial charge in [-0.25, -0.2) is 9.97 Å². The molecule has 1 aliphatic heterocycles. The molecule has 2 heterocycles. The highest BCUT2D eigenvalue weighted by Gasteiger charge is 2.16. The molecule has 0 spiro atoms. The molecule has 1 aliphatic rings. The monoisotopic (exact) mass is 249 g/mol. The third-order valence-electron chi connectivity index (χ3n) is 3.30. The maximum atomic E-state index is 5.09. The first-order valence-corrected chi connectivity index (χ1v) is 6.92. The number of nitrogens with zero attached hydrogens (tertiary/aromatic N) is 2. The van der Waals surface area contributed by atoms with Gasteiger partial charge in [0.25, 0.3) is 0 Å². The lowest BCUT2D eigenvalue weighted by Gasteiger charge is -2.20. The Kier molecular flexibility index (Phi) is 5.08. The lowest BCUT2D eigenvalue weighted by molar-refractivity contribution is 0.194. The van der Waals surface area contributed by atoms with E-state index in [1.54, 1.807) is 7.11 Å². The van der Waals surface area contributed by atoms with E-state index in [4.69, 9.17) is 14.7 Å². The van der Waals surface area contributed by atoms with Crippen molar-refractivity contribution >= 4 is 0 Å². The Morgan fingerprint density at radius 2 is 2.17 bits per heavy atom. The molecule has 18 heavy (non-hydrogen) atoms. The van der Waals surface area contributed by atoms with Crippen LogP contribution in [0, 0.1) is 0 Å². The number of aryl methyl sites for hydroxylation is 2. The second-order valence-corrected chi connectivity index (χ2v) is 4.78. The Labute approximate surface area is 109 Å². The molecule has 0 unspecified atom stereocenters. The van der Waals surface area contributed by atoms with Crippen molar-refractivity contribution in [1.82, 2.24) is 15.3 Å². The smallest absolute Gasteiger partial charge is 0.128 e. The Bertz CT molecular complexity index is 393. The molecule has 0 amide bonds. The Hall–Kier alpha value is -1.00. The first kappa shape index (κ1) is 13.4. The van der Waals surface area contributed by atoms with Gasteiger partial charge in [-0.15, -0.1) is 0 Å². The maximum Gasteiger partial charge on any atom is 0.128 e. The van der Waals surface area contributed by atoms with Gasteiger partial charge in [0, 0.05) is 50.9 Å². The highest BCUT2D eigenvalue weighted by atomic mass is 16.5. The van der Waals surface area contributed by atoms with E-state index >= 15 is 0 Å². The van der Waals surface area contributed by atoms with Gasteiger partial charge >= 0.3 is 0 Å². The van der Waals surface area contributed by atoms with Crippen LogP contribution in [0.4, 0.5) is 0 Å². The van der Waals surface area contributed by atoms with Crippen LogP contribution in [0.25, 0.3) is 0 Å². The van der Waals surface area contributed by atoms with E-state index < -0.39 is 0 Å². The van der Waals surface area contributed by atoms with E-state index in [-0.39, 0.29) is 0 Å². The molecular weight excluding hydrogens is 226 g/mol. The van der Waals surface area contributed by atoms with E-state index in [1.165, 1.54) is 17.0 Å². The largest absolute Gasteiger partial charge is 0.385 e. The van der Waals surface area contributed by atoms with E-state index in [2.05, 4.69) is 12.2 Å². The molecule has 0 aromatic carbocycles. The molecule has 0 bridgehead atoms. The summed E-state index contributed by atoms with van der Waals surface area (Å²) in [5.41, 5.74) is 3.86. The zero-order valence-electron chi connectivity index (χ0n) is 11.5. The molecular formula is C14H23N3O. The van der Waals surface area contributed by atoms with Crippen LogP contribution < -0.4 is 5.32 Å². The second-order valence-electron chi connectivity index (χ2n) is 4.78. The van der Waals surface area contributed by atoms with Gasteiger partial charge in [0.2, 0.25) is 0 Å². The molecule has 0 atom stereocenters. The van der Waals surface area contributed by atoms with Crippen molar-refractivity contribution in [3.8, 4) is 0 Å². The molecule has 0 saturated carbocycles. The van der Waals surface area contributed by atoms with Gasteiger partial charge < -0.3 is 10.1 Å². The Balaban J connectivity index is 2.18. The number of fused-ring (bicyclic) bond motifs is 1. The lowest BCUT2D eigenvalue weighted by Crippen LogP contribution is -2.27. The van der Waals surface area contributed by atoms with Crippen molar-refractivity contribution in [2.45, 2.75) is 45.6 Å². The summed E-state index contributed by atoms with van der Waals surface area (Å²) in [6.07, 6.45) is 5.15. The zero-order chi connectivity index (χ0) is 12.8. The minimum absolute atomic E-state index is 0.783. The minimum Gasteiger partial charge on any atom is -0.385 e. The van der Waals surface area contributed by atoms with Crippen molar-refractivity contribution in [3.63, 3.8) is 0 Å². The van der Waals surface area contributed by atoms with Crippen LogP contribution in [0.15, 0.2) is 0 Å². The summed E-state index contributed by atoms with van der Waals surface area (Å²) in [4.78, 5) is 9.46. The number of nitrogens with one attached hydrogen (secondary N) is 1. The molecule has 0 saturated heterocycles. The van der Waals surface area contributed by atoms with E-state index in [0.29, 0.717) is 0 Å². The van der Waals surface area contributed by atoms with Gasteiger partial charge in [0.1, 0.15) is 5.82 Å². The lowest BCUT2D eigenvalue weighted by atomic mass is 10.0. The fourth-order valence-corrected chi connectivity index (χ4v) is 2.40. The molecule has 0 radical (unpaired) electrons. The summed E-state index contributed by atoms with van der Waals surface area (Å²) in [7, 11) is 1.74. The predicted molar refractivity (Wildman–Crippen MR) is 71.6 cm³/mol. The highest BCUT2D eigenvalue weighted by molar-refractivity contribution is 5.28. The summed E-state index contributed by atoms with van der Waals surface area (Å²) >= 11 is 0. The van der Waals surface area contributed by atoms with Gasteiger partial charge in [-0.1, -0.05) is 13.3 Å². The van der Waals surface area contributed by atoms with Crippen molar-refractivity contribution in [3.05, 3.63) is 22.8 Å². The van der Waals surface area contributed by atoms with Crippen LogP contribution in [-0.2, 0) is 30.5 Å². The topological polar surface area (TPSA) is 47.0 Å². The standard InChI is InChI=1S/C14H23N3O/c1-3-5-12-11-10-15-8-7-13(11)17-14(16-12)6-4-9-18-2/h15H,3-10H2,1-2H3. The summed E-state index contributed by atoms with van der Waals surface area (Å²) in [6.45, 7) is 4.95. The van der Waals surface area contributed by atoms with Crippen molar-refractivity contribution in [2.75, 3.05) is 20.3 Å². The van der Waals surface area contributed by atoms with Crippen LogP contribution in [0.5, 0.6) is 0 Å². The van der Waals surface area contributed by atoms with Gasteiger partial charge in [-0.05, 0) is 12.8 Å². The summed E-state index contributed by atoms with van der Waals surface area (Å²) in [5.74, 6) is 0.996. The number of hydrogen-bond acceptors (Lipinski definition) is 4. The van der Waals surface area contributed by atoms with Gasteiger partial charge in [-0.3, -0.25) is 0 Å². The third kappa shape index (κ3) is 3.27. The molecule has 4 heteroatoms. The second kappa shape index (κ2) is 6.81. The average molecular weight is 249 g/mol. The first-order valence-electron chi connectivity index (χ1n) is 6.92. The number of hydrogen-bond donors (Lipinski definition) is 1. The van der Waals surface area contributed by atoms with Crippen molar-refractivity contribution < 1.29 is 4.74 Å². The van der Waals surface area contributed by atoms with Crippen molar-refractivity contribution in [2.24, 2.45) is 0 Å². The van der Waals surface area contributed by atoms with Crippen LogP contribution in [-0.4, -0.2) is 30.2 Å². The van der Waals surface area contributed by atoms with Crippen LogP contribution in [0.1, 0.15) is 42.5 Å². The van der Waals surface area contributed by atoms with Crippen LogP contribution >= 0.6 is 0 Å². The highest BCUT2D eigenvalue weighted by Crippen LogP contribution is 2.17.